The summed E-state index contributed by atoms with van der Waals surface area (Å²) in [4.78, 5) is 11.4. The quantitative estimate of drug-likeness (QED) is 0.738. The number of aromatic nitrogens is 2. The van der Waals surface area contributed by atoms with Crippen LogP contribution < -0.4 is 21.1 Å². The lowest BCUT2D eigenvalue weighted by Crippen LogP contribution is -2.23. The van der Waals surface area contributed by atoms with E-state index in [4.69, 9.17) is 22.7 Å². The van der Waals surface area contributed by atoms with Gasteiger partial charge in [-0.1, -0.05) is 12.1 Å². The van der Waals surface area contributed by atoms with Gasteiger partial charge in [0.25, 0.3) is 5.91 Å². The number of anilines is 2. The number of hydrogen-bond donors (Lipinski definition) is 3. The van der Waals surface area contributed by atoms with Gasteiger partial charge in [0.05, 0.1) is 24.7 Å². The molecule has 0 atom stereocenters. The zero-order chi connectivity index (χ0) is 15.4. The minimum absolute atomic E-state index is 0.249. The van der Waals surface area contributed by atoms with Crippen LogP contribution in [0.3, 0.4) is 0 Å². The zero-order valence-corrected chi connectivity index (χ0v) is 12.4. The predicted molar refractivity (Wildman–Crippen MR) is 84.6 cm³/mol. The maximum Gasteiger partial charge on any atom is 0.269 e. The number of methoxy groups -OCH3 is 1. The molecule has 0 spiro atoms. The highest BCUT2D eigenvalue weighted by Gasteiger charge is 2.15. The molecule has 0 unspecified atom stereocenters. The number of aryl methyl sites for hydroxylation is 1. The molecule has 0 aliphatic rings. The Labute approximate surface area is 127 Å². The first-order chi connectivity index (χ1) is 10.0. The van der Waals surface area contributed by atoms with Crippen molar-refractivity contribution in [1.82, 2.24) is 9.78 Å². The third-order valence-corrected chi connectivity index (χ3v) is 2.98. The van der Waals surface area contributed by atoms with Crippen molar-refractivity contribution in [3.63, 3.8) is 0 Å². The third-order valence-electron chi connectivity index (χ3n) is 2.78. The molecule has 0 fully saturated rings. The van der Waals surface area contributed by atoms with E-state index in [1.165, 1.54) is 10.9 Å². The molecule has 1 aromatic carbocycles. The fourth-order valence-electron chi connectivity index (χ4n) is 1.84. The molecule has 2 aromatic rings. The minimum Gasteiger partial charge on any atom is -0.495 e. The monoisotopic (exact) mass is 305 g/mol. The molecule has 0 aliphatic heterocycles. The Bertz CT molecular complexity index is 683. The van der Waals surface area contributed by atoms with Gasteiger partial charge in [0, 0.05) is 7.05 Å². The van der Waals surface area contributed by atoms with E-state index in [-0.39, 0.29) is 5.69 Å². The van der Waals surface area contributed by atoms with Crippen LogP contribution in [-0.4, -0.2) is 27.9 Å². The van der Waals surface area contributed by atoms with Crippen LogP contribution in [0, 0.1) is 0 Å². The molecule has 8 heteroatoms. The van der Waals surface area contributed by atoms with Gasteiger partial charge in [0.2, 0.25) is 0 Å². The number of nitrogens with zero attached hydrogens (tertiary/aromatic N) is 2. The number of amides is 1. The summed E-state index contributed by atoms with van der Waals surface area (Å²) < 4.78 is 6.61. The van der Waals surface area contributed by atoms with Gasteiger partial charge in [-0.3, -0.25) is 9.48 Å². The van der Waals surface area contributed by atoms with Crippen LogP contribution >= 0.6 is 12.2 Å². The number of carbonyl (C=O) groups is 1. The van der Waals surface area contributed by atoms with Gasteiger partial charge in [-0.05, 0) is 24.4 Å². The molecule has 4 N–H and O–H groups in total. The van der Waals surface area contributed by atoms with Gasteiger partial charge < -0.3 is 21.1 Å². The summed E-state index contributed by atoms with van der Waals surface area (Å²) in [5.41, 5.74) is 6.71. The predicted octanol–water partition coefficient (Wildman–Crippen LogP) is 1.34. The molecule has 0 saturated heterocycles. The molecule has 110 valence electrons. The number of nitrogens with two attached hydrogens (primary N) is 1. The lowest BCUT2D eigenvalue weighted by Gasteiger charge is -2.13. The van der Waals surface area contributed by atoms with E-state index in [2.05, 4.69) is 15.7 Å². The van der Waals surface area contributed by atoms with Gasteiger partial charge in [0.1, 0.15) is 11.4 Å². The van der Waals surface area contributed by atoms with Gasteiger partial charge in [-0.25, -0.2) is 0 Å². The molecule has 1 heterocycles. The molecule has 0 saturated carbocycles. The number of para-hydroxylation sites is 2. The highest BCUT2D eigenvalue weighted by atomic mass is 32.1. The molecule has 1 amide bonds. The summed E-state index contributed by atoms with van der Waals surface area (Å²) in [6, 6.07) is 7.34. The number of ether oxygens (including phenoxy) is 1. The average Bonchev–Trinajstić information content (AvgIpc) is 2.80. The minimum atomic E-state index is -0.586. The van der Waals surface area contributed by atoms with Crippen LogP contribution in [0.5, 0.6) is 5.75 Å². The molecule has 2 rings (SSSR count). The molecule has 7 nitrogen and oxygen atoms in total. The van der Waals surface area contributed by atoms with E-state index in [0.29, 0.717) is 22.2 Å². The number of carbonyl (C=O) groups excluding carboxylic acids is 1. The second kappa shape index (κ2) is 6.23. The smallest absolute Gasteiger partial charge is 0.269 e. The maximum absolute atomic E-state index is 11.4. The lowest BCUT2D eigenvalue weighted by atomic mass is 10.3. The van der Waals surface area contributed by atoms with Crippen LogP contribution in [0.25, 0.3) is 0 Å². The molecule has 0 bridgehead atoms. The normalized spacial score (nSPS) is 10.0. The molecular weight excluding hydrogens is 290 g/mol. The number of benzene rings is 1. The summed E-state index contributed by atoms with van der Waals surface area (Å²) in [5.74, 6) is 0.0700. The fourth-order valence-corrected chi connectivity index (χ4v) is 2.06. The molecule has 0 radical (unpaired) electrons. The second-order valence-electron chi connectivity index (χ2n) is 4.17. The second-order valence-corrected chi connectivity index (χ2v) is 4.58. The van der Waals surface area contributed by atoms with Crippen LogP contribution in [0.2, 0.25) is 0 Å². The van der Waals surface area contributed by atoms with Crippen molar-refractivity contribution in [1.29, 1.82) is 0 Å². The number of thiocarbonyl (C=S) groups is 1. The highest BCUT2D eigenvalue weighted by molar-refractivity contribution is 7.80. The van der Waals surface area contributed by atoms with E-state index < -0.39 is 5.91 Å². The van der Waals surface area contributed by atoms with E-state index in [1.54, 1.807) is 14.2 Å². The van der Waals surface area contributed by atoms with Crippen molar-refractivity contribution < 1.29 is 9.53 Å². The Kier molecular flexibility index (Phi) is 4.39. The maximum atomic E-state index is 11.4. The highest BCUT2D eigenvalue weighted by Crippen LogP contribution is 2.23. The Balaban J connectivity index is 2.14. The number of nitrogens with one attached hydrogen (secondary N) is 2. The summed E-state index contributed by atoms with van der Waals surface area (Å²) in [7, 11) is 3.20. The van der Waals surface area contributed by atoms with Crippen molar-refractivity contribution in [2.45, 2.75) is 0 Å². The summed E-state index contributed by atoms with van der Waals surface area (Å²) in [5, 5.41) is 10.2. The van der Waals surface area contributed by atoms with Crippen LogP contribution in [0.15, 0.2) is 30.5 Å². The Morgan fingerprint density at radius 1 is 1.33 bits per heavy atom. The largest absolute Gasteiger partial charge is 0.495 e. The van der Waals surface area contributed by atoms with Crippen LogP contribution in [0.1, 0.15) is 10.5 Å². The molecule has 1 aromatic heterocycles. The van der Waals surface area contributed by atoms with Crippen molar-refractivity contribution in [3.05, 3.63) is 36.2 Å². The van der Waals surface area contributed by atoms with E-state index in [9.17, 15) is 4.79 Å². The van der Waals surface area contributed by atoms with Gasteiger partial charge in [-0.15, -0.1) is 0 Å². The number of primary amides is 1. The summed E-state index contributed by atoms with van der Waals surface area (Å²) in [6.07, 6.45) is 1.48. The van der Waals surface area contributed by atoms with E-state index >= 15 is 0 Å². The number of hydrogen-bond acceptors (Lipinski definition) is 4. The van der Waals surface area contributed by atoms with Crippen molar-refractivity contribution >= 4 is 34.6 Å². The van der Waals surface area contributed by atoms with Gasteiger partial charge in [0.15, 0.2) is 5.11 Å². The van der Waals surface area contributed by atoms with E-state index in [0.717, 1.165) is 0 Å². The first kappa shape index (κ1) is 14.8. The molecular formula is C13H15N5O2S. The standard InChI is InChI=1S/C13H15N5O2S/c1-18-11(12(14)19)9(7-15-18)17-13(21)16-8-5-3-4-6-10(8)20-2/h3-7H,1-2H3,(H2,14,19)(H2,16,17,21). The van der Waals surface area contributed by atoms with Gasteiger partial charge in [-0.2, -0.15) is 5.10 Å². The Hall–Kier alpha value is -2.61. The summed E-state index contributed by atoms with van der Waals surface area (Å²) >= 11 is 5.21. The van der Waals surface area contributed by atoms with E-state index in [1.807, 2.05) is 24.3 Å². The number of rotatable bonds is 4. The zero-order valence-electron chi connectivity index (χ0n) is 11.6. The Morgan fingerprint density at radius 2 is 2.00 bits per heavy atom. The third kappa shape index (κ3) is 3.29. The molecule has 21 heavy (non-hydrogen) atoms. The van der Waals surface area contributed by atoms with Crippen molar-refractivity contribution in [2.75, 3.05) is 17.7 Å². The van der Waals surface area contributed by atoms with Crippen LogP contribution in [0.4, 0.5) is 11.4 Å². The van der Waals surface area contributed by atoms with Gasteiger partial charge >= 0.3 is 0 Å². The topological polar surface area (TPSA) is 94.2 Å². The average molecular weight is 305 g/mol. The van der Waals surface area contributed by atoms with Crippen LogP contribution in [-0.2, 0) is 7.05 Å². The lowest BCUT2D eigenvalue weighted by molar-refractivity contribution is 0.0992. The summed E-state index contributed by atoms with van der Waals surface area (Å²) in [6.45, 7) is 0. The fraction of sp³-hybridized carbons (Fsp3) is 0.154. The van der Waals surface area contributed by atoms with Crippen molar-refractivity contribution in [2.24, 2.45) is 12.8 Å². The first-order valence-electron chi connectivity index (χ1n) is 6.05. The van der Waals surface area contributed by atoms with Crippen molar-refractivity contribution in [3.8, 4) is 5.75 Å². The SMILES string of the molecule is COc1ccccc1NC(=S)Nc1cnn(C)c1C(N)=O. The molecule has 0 aliphatic carbocycles. The first-order valence-corrected chi connectivity index (χ1v) is 6.46. The Morgan fingerprint density at radius 3 is 2.67 bits per heavy atom.